The minimum absolute atomic E-state index is 0.312. The van der Waals surface area contributed by atoms with E-state index in [1.165, 1.54) is 25.7 Å². The molecule has 3 N–H and O–H groups in total. The Morgan fingerprint density at radius 2 is 2.29 bits per heavy atom. The molecule has 3 atom stereocenters. The molecule has 1 rings (SSSR count). The van der Waals surface area contributed by atoms with E-state index in [2.05, 4.69) is 12.2 Å². The predicted octanol–water partition coefficient (Wildman–Crippen LogP) is 1.13. The Balaban J connectivity index is 2.05. The number of hydrogen-bond acceptors (Lipinski definition) is 3. The predicted molar refractivity (Wildman–Crippen MR) is 59.3 cm³/mol. The van der Waals surface area contributed by atoms with Crippen molar-refractivity contribution in [2.75, 3.05) is 20.2 Å². The summed E-state index contributed by atoms with van der Waals surface area (Å²) in [6, 6.07) is 0.440. The third-order valence-corrected chi connectivity index (χ3v) is 3.09. The van der Waals surface area contributed by atoms with E-state index in [1.54, 1.807) is 7.11 Å². The lowest BCUT2D eigenvalue weighted by Gasteiger charge is -2.27. The third kappa shape index (κ3) is 4.40. The number of nitrogens with two attached hydrogens (primary N) is 1. The molecule has 0 radical (unpaired) electrons. The van der Waals surface area contributed by atoms with Gasteiger partial charge < -0.3 is 15.8 Å². The molecule has 0 heterocycles. The van der Waals surface area contributed by atoms with Gasteiger partial charge in [0.1, 0.15) is 0 Å². The van der Waals surface area contributed by atoms with Crippen LogP contribution in [-0.4, -0.2) is 32.3 Å². The van der Waals surface area contributed by atoms with Gasteiger partial charge >= 0.3 is 0 Å². The molecule has 0 aromatic heterocycles. The van der Waals surface area contributed by atoms with Crippen molar-refractivity contribution in [3.05, 3.63) is 0 Å². The minimum Gasteiger partial charge on any atom is -0.380 e. The molecule has 3 unspecified atom stereocenters. The van der Waals surface area contributed by atoms with Crippen molar-refractivity contribution in [2.24, 2.45) is 11.7 Å². The van der Waals surface area contributed by atoms with Crippen molar-refractivity contribution in [1.82, 2.24) is 5.32 Å². The molecule has 0 aromatic carbocycles. The summed E-state index contributed by atoms with van der Waals surface area (Å²) < 4.78 is 5.17. The van der Waals surface area contributed by atoms with E-state index in [1.807, 2.05) is 0 Å². The maximum atomic E-state index is 5.93. The summed E-state index contributed by atoms with van der Waals surface area (Å²) in [6.07, 6.45) is 5.35. The van der Waals surface area contributed by atoms with Crippen LogP contribution in [0.2, 0.25) is 0 Å². The molecule has 0 aliphatic heterocycles. The first kappa shape index (κ1) is 12.0. The highest BCUT2D eigenvalue weighted by molar-refractivity contribution is 4.76. The van der Waals surface area contributed by atoms with E-state index >= 15 is 0 Å². The zero-order chi connectivity index (χ0) is 10.4. The van der Waals surface area contributed by atoms with Crippen molar-refractivity contribution in [2.45, 2.75) is 44.8 Å². The third-order valence-electron chi connectivity index (χ3n) is 3.09. The van der Waals surface area contributed by atoms with E-state index in [-0.39, 0.29) is 0 Å². The Kier molecular flexibility index (Phi) is 5.45. The van der Waals surface area contributed by atoms with Gasteiger partial charge in [0.05, 0.1) is 6.10 Å². The van der Waals surface area contributed by atoms with Gasteiger partial charge in [-0.25, -0.2) is 0 Å². The molecule has 0 aromatic rings. The van der Waals surface area contributed by atoms with Gasteiger partial charge in [0, 0.05) is 19.7 Å². The highest BCUT2D eigenvalue weighted by atomic mass is 16.5. The van der Waals surface area contributed by atoms with Crippen LogP contribution in [0.5, 0.6) is 0 Å². The zero-order valence-corrected chi connectivity index (χ0v) is 9.46. The highest BCUT2D eigenvalue weighted by Crippen LogP contribution is 2.22. The second-order valence-corrected chi connectivity index (χ2v) is 4.50. The van der Waals surface area contributed by atoms with Gasteiger partial charge in [-0.2, -0.15) is 0 Å². The van der Waals surface area contributed by atoms with Crippen molar-refractivity contribution < 1.29 is 4.74 Å². The Morgan fingerprint density at radius 3 is 2.93 bits per heavy atom. The molecule has 3 nitrogen and oxygen atoms in total. The average Bonchev–Trinajstić information content (AvgIpc) is 2.17. The second kappa shape index (κ2) is 6.38. The molecule has 1 aliphatic rings. The molecular weight excluding hydrogens is 176 g/mol. The maximum Gasteiger partial charge on any atom is 0.0667 e. The van der Waals surface area contributed by atoms with Crippen LogP contribution in [0, 0.1) is 5.92 Å². The van der Waals surface area contributed by atoms with E-state index in [4.69, 9.17) is 10.5 Å². The molecule has 14 heavy (non-hydrogen) atoms. The molecule has 0 saturated heterocycles. The molecule has 3 heteroatoms. The molecule has 1 saturated carbocycles. The van der Waals surface area contributed by atoms with Gasteiger partial charge in [-0.1, -0.05) is 6.42 Å². The van der Waals surface area contributed by atoms with Crippen LogP contribution in [-0.2, 0) is 4.74 Å². The first-order valence-corrected chi connectivity index (χ1v) is 5.71. The number of ether oxygens (including phenoxy) is 1. The van der Waals surface area contributed by atoms with Crippen LogP contribution in [0.25, 0.3) is 0 Å². The van der Waals surface area contributed by atoms with Gasteiger partial charge in [0.25, 0.3) is 0 Å². The largest absolute Gasteiger partial charge is 0.380 e. The fraction of sp³-hybridized carbons (Fsp3) is 1.00. The van der Waals surface area contributed by atoms with Crippen LogP contribution < -0.4 is 11.1 Å². The molecule has 0 amide bonds. The Labute approximate surface area is 87.4 Å². The first-order valence-electron chi connectivity index (χ1n) is 5.71. The summed E-state index contributed by atoms with van der Waals surface area (Å²) in [6.45, 7) is 4.13. The van der Waals surface area contributed by atoms with Crippen LogP contribution in [0.4, 0.5) is 0 Å². The SMILES string of the molecule is COC(C)CNCC1CCCC(N)C1. The average molecular weight is 200 g/mol. The summed E-state index contributed by atoms with van der Waals surface area (Å²) in [5, 5.41) is 3.45. The Hall–Kier alpha value is -0.120. The Morgan fingerprint density at radius 1 is 1.50 bits per heavy atom. The number of methoxy groups -OCH3 is 1. The van der Waals surface area contributed by atoms with Crippen molar-refractivity contribution in [3.63, 3.8) is 0 Å². The van der Waals surface area contributed by atoms with E-state index < -0.39 is 0 Å². The van der Waals surface area contributed by atoms with Gasteiger partial charge in [-0.05, 0) is 38.6 Å². The van der Waals surface area contributed by atoms with E-state index in [0.29, 0.717) is 12.1 Å². The van der Waals surface area contributed by atoms with Crippen molar-refractivity contribution in [1.29, 1.82) is 0 Å². The zero-order valence-electron chi connectivity index (χ0n) is 9.46. The summed E-state index contributed by atoms with van der Waals surface area (Å²) in [5.41, 5.74) is 5.93. The van der Waals surface area contributed by atoms with Crippen LogP contribution in [0.15, 0.2) is 0 Å². The van der Waals surface area contributed by atoms with Gasteiger partial charge in [0.15, 0.2) is 0 Å². The van der Waals surface area contributed by atoms with E-state index in [0.717, 1.165) is 19.0 Å². The van der Waals surface area contributed by atoms with Crippen LogP contribution in [0.3, 0.4) is 0 Å². The number of rotatable bonds is 5. The number of hydrogen-bond donors (Lipinski definition) is 2. The summed E-state index contributed by atoms with van der Waals surface area (Å²) in [4.78, 5) is 0. The molecule has 0 bridgehead atoms. The monoisotopic (exact) mass is 200 g/mol. The van der Waals surface area contributed by atoms with E-state index in [9.17, 15) is 0 Å². The van der Waals surface area contributed by atoms with Crippen molar-refractivity contribution >= 4 is 0 Å². The first-order chi connectivity index (χ1) is 6.72. The fourth-order valence-corrected chi connectivity index (χ4v) is 2.09. The molecule has 1 fully saturated rings. The fourth-order valence-electron chi connectivity index (χ4n) is 2.09. The lowest BCUT2D eigenvalue weighted by Crippen LogP contribution is -2.35. The molecular formula is C11H24N2O. The lowest BCUT2D eigenvalue weighted by atomic mass is 9.86. The lowest BCUT2D eigenvalue weighted by molar-refractivity contribution is 0.115. The smallest absolute Gasteiger partial charge is 0.0667 e. The summed E-state index contributed by atoms with van der Waals surface area (Å²) >= 11 is 0. The van der Waals surface area contributed by atoms with Gasteiger partial charge in [0.2, 0.25) is 0 Å². The molecule has 1 aliphatic carbocycles. The minimum atomic E-state index is 0.312. The molecule has 84 valence electrons. The normalized spacial score (nSPS) is 30.2. The van der Waals surface area contributed by atoms with Crippen LogP contribution >= 0.6 is 0 Å². The quantitative estimate of drug-likeness (QED) is 0.699. The van der Waals surface area contributed by atoms with Gasteiger partial charge in [-0.15, -0.1) is 0 Å². The summed E-state index contributed by atoms with van der Waals surface area (Å²) in [5.74, 6) is 0.780. The maximum absolute atomic E-state index is 5.93. The Bertz CT molecular complexity index is 152. The highest BCUT2D eigenvalue weighted by Gasteiger charge is 2.18. The van der Waals surface area contributed by atoms with Gasteiger partial charge in [-0.3, -0.25) is 0 Å². The standard InChI is InChI=1S/C11H24N2O/c1-9(14-2)7-13-8-10-4-3-5-11(12)6-10/h9-11,13H,3-8,12H2,1-2H3. The topological polar surface area (TPSA) is 47.3 Å². The number of nitrogens with one attached hydrogen (secondary N) is 1. The van der Waals surface area contributed by atoms with Crippen LogP contribution in [0.1, 0.15) is 32.6 Å². The molecule has 0 spiro atoms. The summed E-state index contributed by atoms with van der Waals surface area (Å²) in [7, 11) is 1.75. The van der Waals surface area contributed by atoms with Crippen molar-refractivity contribution in [3.8, 4) is 0 Å². The second-order valence-electron chi connectivity index (χ2n) is 4.50.